The number of hydrogen-bond donors (Lipinski definition) is 2. The number of carbonyl (C=O) groups is 1. The molecule has 0 saturated carbocycles. The van der Waals surface area contributed by atoms with Crippen molar-refractivity contribution in [2.45, 2.75) is 20.5 Å². The van der Waals surface area contributed by atoms with Crippen LogP contribution < -0.4 is 15.5 Å². The zero-order valence-corrected chi connectivity index (χ0v) is 25.0. The normalized spacial score (nSPS) is 11.0. The van der Waals surface area contributed by atoms with Crippen molar-refractivity contribution in [2.24, 2.45) is 5.10 Å². The third-order valence-electron chi connectivity index (χ3n) is 6.10. The SMILES string of the molecule is Cc1ccc(COc2ccc(/C=N\NC(=O)c3ccc(-c4csc(Nc5ccc(C)cc5)n4)cc3)cc2I)cc1. The van der Waals surface area contributed by atoms with Gasteiger partial charge in [0, 0.05) is 22.2 Å². The molecule has 40 heavy (non-hydrogen) atoms. The molecule has 0 aliphatic rings. The number of amides is 1. The molecule has 5 rings (SSSR count). The molecule has 0 aliphatic carbocycles. The predicted octanol–water partition coefficient (Wildman–Crippen LogP) is 8.12. The van der Waals surface area contributed by atoms with Crippen LogP contribution in [0.4, 0.5) is 10.8 Å². The number of aryl methyl sites for hydroxylation is 2. The maximum atomic E-state index is 12.6. The second-order valence-corrected chi connectivity index (χ2v) is 11.3. The first-order chi connectivity index (χ1) is 19.4. The van der Waals surface area contributed by atoms with Crippen molar-refractivity contribution < 1.29 is 9.53 Å². The average molecular weight is 659 g/mol. The van der Waals surface area contributed by atoms with E-state index in [1.165, 1.54) is 22.5 Å². The highest BCUT2D eigenvalue weighted by Crippen LogP contribution is 2.27. The Morgan fingerprint density at radius 3 is 2.35 bits per heavy atom. The molecule has 1 heterocycles. The number of nitrogens with one attached hydrogen (secondary N) is 2. The van der Waals surface area contributed by atoms with Gasteiger partial charge in [-0.1, -0.05) is 59.7 Å². The van der Waals surface area contributed by atoms with Gasteiger partial charge in [0.1, 0.15) is 12.4 Å². The second-order valence-electron chi connectivity index (χ2n) is 9.27. The van der Waals surface area contributed by atoms with Gasteiger partial charge in [0.2, 0.25) is 0 Å². The summed E-state index contributed by atoms with van der Waals surface area (Å²) in [5.74, 6) is 0.524. The lowest BCUT2D eigenvalue weighted by Crippen LogP contribution is -2.17. The fraction of sp³-hybridized carbons (Fsp3) is 0.0938. The van der Waals surface area contributed by atoms with Gasteiger partial charge in [0.05, 0.1) is 15.5 Å². The van der Waals surface area contributed by atoms with Crippen LogP contribution in [-0.4, -0.2) is 17.1 Å². The summed E-state index contributed by atoms with van der Waals surface area (Å²) in [4.78, 5) is 17.3. The van der Waals surface area contributed by atoms with Gasteiger partial charge in [-0.3, -0.25) is 4.79 Å². The molecule has 0 radical (unpaired) electrons. The Kier molecular flexibility index (Phi) is 8.87. The summed E-state index contributed by atoms with van der Waals surface area (Å²) in [6, 6.07) is 29.6. The fourth-order valence-electron chi connectivity index (χ4n) is 3.81. The van der Waals surface area contributed by atoms with Gasteiger partial charge in [0.25, 0.3) is 5.91 Å². The van der Waals surface area contributed by atoms with Crippen LogP contribution in [0.5, 0.6) is 5.75 Å². The van der Waals surface area contributed by atoms with Crippen molar-refractivity contribution >= 4 is 56.9 Å². The van der Waals surface area contributed by atoms with E-state index in [2.05, 4.69) is 93.7 Å². The maximum absolute atomic E-state index is 12.6. The van der Waals surface area contributed by atoms with Crippen molar-refractivity contribution in [3.8, 4) is 17.0 Å². The summed E-state index contributed by atoms with van der Waals surface area (Å²) >= 11 is 3.78. The monoisotopic (exact) mass is 658 g/mol. The molecule has 1 amide bonds. The lowest BCUT2D eigenvalue weighted by Gasteiger charge is -2.09. The maximum Gasteiger partial charge on any atom is 0.271 e. The molecule has 4 aromatic carbocycles. The molecule has 1 aromatic heterocycles. The Bertz CT molecular complexity index is 1630. The van der Waals surface area contributed by atoms with E-state index in [0.29, 0.717) is 12.2 Å². The van der Waals surface area contributed by atoms with Gasteiger partial charge in [-0.2, -0.15) is 5.10 Å². The molecule has 200 valence electrons. The molecule has 0 fully saturated rings. The number of halogens is 1. The zero-order chi connectivity index (χ0) is 27.9. The highest BCUT2D eigenvalue weighted by molar-refractivity contribution is 14.1. The number of aromatic nitrogens is 1. The van der Waals surface area contributed by atoms with Crippen molar-refractivity contribution in [3.63, 3.8) is 0 Å². The van der Waals surface area contributed by atoms with Crippen LogP contribution in [0.1, 0.15) is 32.6 Å². The third kappa shape index (κ3) is 7.34. The minimum Gasteiger partial charge on any atom is -0.488 e. The molecular formula is C32H27IN4O2S. The van der Waals surface area contributed by atoms with Gasteiger partial charge < -0.3 is 10.1 Å². The first kappa shape index (κ1) is 27.5. The van der Waals surface area contributed by atoms with Crippen LogP contribution >= 0.6 is 33.9 Å². The fourth-order valence-corrected chi connectivity index (χ4v) is 5.24. The number of benzene rings is 4. The highest BCUT2D eigenvalue weighted by Gasteiger charge is 2.09. The van der Waals surface area contributed by atoms with Crippen molar-refractivity contribution in [2.75, 3.05) is 5.32 Å². The molecule has 0 aliphatic heterocycles. The number of hydrogen-bond acceptors (Lipinski definition) is 6. The van der Waals surface area contributed by atoms with E-state index < -0.39 is 0 Å². The Balaban J connectivity index is 1.14. The zero-order valence-electron chi connectivity index (χ0n) is 22.0. The number of anilines is 2. The minimum atomic E-state index is -0.282. The summed E-state index contributed by atoms with van der Waals surface area (Å²) in [5, 5.41) is 10.3. The first-order valence-corrected chi connectivity index (χ1v) is 14.6. The predicted molar refractivity (Wildman–Crippen MR) is 172 cm³/mol. The summed E-state index contributed by atoms with van der Waals surface area (Å²) in [5.41, 5.74) is 10.3. The third-order valence-corrected chi connectivity index (χ3v) is 7.70. The van der Waals surface area contributed by atoms with Gasteiger partial charge in [0.15, 0.2) is 5.13 Å². The highest BCUT2D eigenvalue weighted by atomic mass is 127. The summed E-state index contributed by atoms with van der Waals surface area (Å²) in [6.45, 7) is 4.63. The standard InChI is InChI=1S/C32H27IN4O2S/c1-21-3-7-23(8-4-21)19-39-30-16-9-24(17-28(30)33)18-34-37-31(38)26-12-10-25(11-13-26)29-20-40-32(36-29)35-27-14-5-22(2)6-15-27/h3-18,20H,19H2,1-2H3,(H,35,36)(H,37,38)/b34-18-. The van der Waals surface area contributed by atoms with Gasteiger partial charge in [-0.05, 0) is 90.0 Å². The summed E-state index contributed by atoms with van der Waals surface area (Å²) < 4.78 is 6.93. The van der Waals surface area contributed by atoms with E-state index >= 15 is 0 Å². The Labute approximate surface area is 251 Å². The second kappa shape index (κ2) is 12.9. The lowest BCUT2D eigenvalue weighted by molar-refractivity contribution is 0.0955. The Hall–Kier alpha value is -4.02. The molecule has 5 aromatic rings. The topological polar surface area (TPSA) is 75.6 Å². The van der Waals surface area contributed by atoms with Crippen LogP contribution in [0.2, 0.25) is 0 Å². The van der Waals surface area contributed by atoms with Crippen molar-refractivity contribution in [1.82, 2.24) is 10.4 Å². The molecule has 0 atom stereocenters. The van der Waals surface area contributed by atoms with E-state index in [0.717, 1.165) is 42.5 Å². The quantitative estimate of drug-likeness (QED) is 0.0954. The van der Waals surface area contributed by atoms with Crippen LogP contribution in [0.25, 0.3) is 11.3 Å². The van der Waals surface area contributed by atoms with Crippen molar-refractivity contribution in [3.05, 3.63) is 128 Å². The van der Waals surface area contributed by atoms with E-state index in [4.69, 9.17) is 4.74 Å². The van der Waals surface area contributed by atoms with Gasteiger partial charge in [-0.25, -0.2) is 10.4 Å². The summed E-state index contributed by atoms with van der Waals surface area (Å²) in [7, 11) is 0. The summed E-state index contributed by atoms with van der Waals surface area (Å²) in [6.07, 6.45) is 1.62. The smallest absolute Gasteiger partial charge is 0.271 e. The molecule has 2 N–H and O–H groups in total. The number of hydrazone groups is 1. The molecule has 0 saturated heterocycles. The van der Waals surface area contributed by atoms with Crippen LogP contribution in [0, 0.1) is 17.4 Å². The number of ether oxygens (including phenoxy) is 1. The van der Waals surface area contributed by atoms with Crippen LogP contribution in [0.15, 0.2) is 101 Å². The van der Waals surface area contributed by atoms with E-state index in [9.17, 15) is 4.79 Å². The van der Waals surface area contributed by atoms with E-state index in [-0.39, 0.29) is 5.91 Å². The number of carbonyl (C=O) groups excluding carboxylic acids is 1. The minimum absolute atomic E-state index is 0.282. The molecular weight excluding hydrogens is 631 g/mol. The first-order valence-electron chi connectivity index (χ1n) is 12.6. The largest absolute Gasteiger partial charge is 0.488 e. The number of nitrogens with zero attached hydrogens (tertiary/aromatic N) is 2. The lowest BCUT2D eigenvalue weighted by atomic mass is 10.1. The molecule has 8 heteroatoms. The molecule has 0 spiro atoms. The van der Waals surface area contributed by atoms with Crippen LogP contribution in [0.3, 0.4) is 0 Å². The molecule has 0 bridgehead atoms. The van der Waals surface area contributed by atoms with Gasteiger partial charge >= 0.3 is 0 Å². The van der Waals surface area contributed by atoms with E-state index in [1.807, 2.05) is 47.8 Å². The number of rotatable bonds is 9. The van der Waals surface area contributed by atoms with Gasteiger partial charge in [-0.15, -0.1) is 11.3 Å². The molecule has 6 nitrogen and oxygen atoms in total. The average Bonchev–Trinajstić information content (AvgIpc) is 3.43. The molecule has 0 unspecified atom stereocenters. The Morgan fingerprint density at radius 1 is 0.950 bits per heavy atom. The van der Waals surface area contributed by atoms with Crippen LogP contribution in [-0.2, 0) is 6.61 Å². The van der Waals surface area contributed by atoms with E-state index in [1.54, 1.807) is 18.3 Å². The Morgan fingerprint density at radius 2 is 1.65 bits per heavy atom. The van der Waals surface area contributed by atoms with Crippen molar-refractivity contribution in [1.29, 1.82) is 0 Å². The number of thiazole rings is 1.